The summed E-state index contributed by atoms with van der Waals surface area (Å²) in [5, 5.41) is 5.81. The maximum Gasteiger partial charge on any atom is 0.330 e. The molecule has 1 aromatic heterocycles. The van der Waals surface area contributed by atoms with Crippen LogP contribution in [-0.4, -0.2) is 71.5 Å². The normalized spacial score (nSPS) is 27.1. The van der Waals surface area contributed by atoms with Gasteiger partial charge in [0.05, 0.1) is 35.4 Å². The van der Waals surface area contributed by atoms with Crippen LogP contribution in [0.1, 0.15) is 90.1 Å². The summed E-state index contributed by atoms with van der Waals surface area (Å²) in [6.07, 6.45) is 10.6. The van der Waals surface area contributed by atoms with E-state index in [1.807, 2.05) is 19.9 Å². The molecule has 2 aromatic rings. The van der Waals surface area contributed by atoms with E-state index in [1.165, 1.54) is 0 Å². The van der Waals surface area contributed by atoms with Crippen molar-refractivity contribution in [3.05, 3.63) is 28.7 Å². The molecule has 2 N–H and O–H groups in total. The zero-order chi connectivity index (χ0) is 28.5. The van der Waals surface area contributed by atoms with Crippen molar-refractivity contribution in [3.63, 3.8) is 0 Å². The van der Waals surface area contributed by atoms with Crippen LogP contribution in [0.2, 0.25) is 0 Å². The Balaban J connectivity index is 1.07. The molecule has 10 heteroatoms. The van der Waals surface area contributed by atoms with Crippen LogP contribution >= 0.6 is 0 Å². The summed E-state index contributed by atoms with van der Waals surface area (Å²) in [4.78, 5) is 40.2. The van der Waals surface area contributed by atoms with Gasteiger partial charge in [-0.05, 0) is 103 Å². The number of imide groups is 1. The van der Waals surface area contributed by atoms with Gasteiger partial charge in [-0.1, -0.05) is 0 Å². The first-order chi connectivity index (χ1) is 19.9. The van der Waals surface area contributed by atoms with E-state index in [4.69, 9.17) is 9.47 Å². The SMILES string of the molecule is CC(C)n1c(=O)n(C2CCC(=O)NC2=O)c2ccc(N3CCC(OC4CCC(OC5CCNCC5)CC4)CC3)cc21. The smallest absolute Gasteiger partial charge is 0.330 e. The number of nitrogens with one attached hydrogen (secondary N) is 2. The summed E-state index contributed by atoms with van der Waals surface area (Å²) in [6, 6.07) is 5.37. The first kappa shape index (κ1) is 28.4. The van der Waals surface area contributed by atoms with E-state index < -0.39 is 11.9 Å². The van der Waals surface area contributed by atoms with E-state index in [0.717, 1.165) is 94.3 Å². The van der Waals surface area contributed by atoms with Gasteiger partial charge in [0.1, 0.15) is 6.04 Å². The molecule has 6 rings (SSSR count). The van der Waals surface area contributed by atoms with Crippen LogP contribution in [0.3, 0.4) is 0 Å². The molecule has 0 radical (unpaired) electrons. The van der Waals surface area contributed by atoms with Crippen molar-refractivity contribution in [3.8, 4) is 0 Å². The monoisotopic (exact) mass is 567 g/mol. The summed E-state index contributed by atoms with van der Waals surface area (Å²) >= 11 is 0. The fourth-order valence-electron chi connectivity index (χ4n) is 7.19. The minimum Gasteiger partial charge on any atom is -0.375 e. The molecule has 3 aliphatic heterocycles. The van der Waals surface area contributed by atoms with Gasteiger partial charge in [-0.25, -0.2) is 4.79 Å². The predicted octanol–water partition coefficient (Wildman–Crippen LogP) is 3.43. The highest BCUT2D eigenvalue weighted by molar-refractivity contribution is 6.00. The Morgan fingerprint density at radius 2 is 1.39 bits per heavy atom. The third-order valence-electron chi connectivity index (χ3n) is 9.41. The van der Waals surface area contributed by atoms with Gasteiger partial charge in [0, 0.05) is 31.2 Å². The van der Waals surface area contributed by atoms with Crippen LogP contribution in [0.4, 0.5) is 5.69 Å². The van der Waals surface area contributed by atoms with Gasteiger partial charge >= 0.3 is 5.69 Å². The number of fused-ring (bicyclic) bond motifs is 1. The molecular weight excluding hydrogens is 522 g/mol. The van der Waals surface area contributed by atoms with E-state index >= 15 is 0 Å². The Kier molecular flexibility index (Phi) is 8.51. The van der Waals surface area contributed by atoms with Crippen molar-refractivity contribution in [2.45, 2.75) is 115 Å². The quantitative estimate of drug-likeness (QED) is 0.494. The van der Waals surface area contributed by atoms with E-state index in [0.29, 0.717) is 24.7 Å². The molecular formula is C31H45N5O5. The Morgan fingerprint density at radius 1 is 0.780 bits per heavy atom. The molecule has 224 valence electrons. The summed E-state index contributed by atoms with van der Waals surface area (Å²) in [7, 11) is 0. The summed E-state index contributed by atoms with van der Waals surface area (Å²) in [6.45, 7) is 7.93. The maximum absolute atomic E-state index is 13.5. The van der Waals surface area contributed by atoms with Crippen LogP contribution in [0.5, 0.6) is 0 Å². The molecule has 1 atom stereocenters. The lowest BCUT2D eigenvalue weighted by atomic mass is 9.94. The lowest BCUT2D eigenvalue weighted by molar-refractivity contribution is -0.135. The molecule has 3 saturated heterocycles. The molecule has 1 aliphatic carbocycles. The minimum atomic E-state index is -0.673. The highest BCUT2D eigenvalue weighted by atomic mass is 16.5. The first-order valence-corrected chi connectivity index (χ1v) is 15.7. The molecule has 4 aliphatic rings. The zero-order valence-electron chi connectivity index (χ0n) is 24.5. The van der Waals surface area contributed by atoms with Crippen LogP contribution in [0.15, 0.2) is 23.0 Å². The highest BCUT2D eigenvalue weighted by Crippen LogP contribution is 2.32. The van der Waals surface area contributed by atoms with Crippen molar-refractivity contribution in [2.75, 3.05) is 31.1 Å². The lowest BCUT2D eigenvalue weighted by Crippen LogP contribution is -2.44. The Bertz CT molecular complexity index is 1300. The first-order valence-electron chi connectivity index (χ1n) is 15.7. The third kappa shape index (κ3) is 6.10. The van der Waals surface area contributed by atoms with Crippen LogP contribution in [0, 0.1) is 0 Å². The number of hydrogen-bond donors (Lipinski definition) is 2. The molecule has 0 spiro atoms. The maximum atomic E-state index is 13.5. The average molecular weight is 568 g/mol. The highest BCUT2D eigenvalue weighted by Gasteiger charge is 2.33. The summed E-state index contributed by atoms with van der Waals surface area (Å²) in [5.74, 6) is -0.684. The van der Waals surface area contributed by atoms with Crippen molar-refractivity contribution < 1.29 is 19.1 Å². The van der Waals surface area contributed by atoms with E-state index in [9.17, 15) is 14.4 Å². The topological polar surface area (TPSA) is 107 Å². The largest absolute Gasteiger partial charge is 0.375 e. The number of amides is 2. The fourth-order valence-corrected chi connectivity index (χ4v) is 7.19. The predicted molar refractivity (Wildman–Crippen MR) is 157 cm³/mol. The van der Waals surface area contributed by atoms with Crippen molar-refractivity contribution in [2.24, 2.45) is 0 Å². The number of nitrogens with zero attached hydrogens (tertiary/aromatic N) is 3. The van der Waals surface area contributed by atoms with Crippen LogP contribution in [-0.2, 0) is 19.1 Å². The van der Waals surface area contributed by atoms with Gasteiger partial charge in [-0.15, -0.1) is 0 Å². The number of carbonyl (C=O) groups excluding carboxylic acids is 2. The zero-order valence-corrected chi connectivity index (χ0v) is 24.5. The van der Waals surface area contributed by atoms with E-state index in [-0.39, 0.29) is 30.2 Å². The molecule has 2 amide bonds. The van der Waals surface area contributed by atoms with E-state index in [2.05, 4.69) is 27.7 Å². The Labute approximate surface area is 241 Å². The average Bonchev–Trinajstić information content (AvgIpc) is 3.26. The third-order valence-corrected chi connectivity index (χ3v) is 9.41. The number of carbonyl (C=O) groups is 2. The Morgan fingerprint density at radius 3 is 2.00 bits per heavy atom. The van der Waals surface area contributed by atoms with Crippen LogP contribution in [0.25, 0.3) is 11.0 Å². The van der Waals surface area contributed by atoms with Crippen LogP contribution < -0.4 is 21.2 Å². The van der Waals surface area contributed by atoms with Crippen molar-refractivity contribution in [1.29, 1.82) is 0 Å². The molecule has 4 heterocycles. The van der Waals surface area contributed by atoms with Gasteiger partial charge in [0.25, 0.3) is 0 Å². The number of ether oxygens (including phenoxy) is 2. The molecule has 4 fully saturated rings. The molecule has 1 unspecified atom stereocenters. The lowest BCUT2D eigenvalue weighted by Gasteiger charge is -2.37. The second-order valence-electron chi connectivity index (χ2n) is 12.6. The molecule has 10 nitrogen and oxygen atoms in total. The van der Waals surface area contributed by atoms with E-state index in [1.54, 1.807) is 9.13 Å². The molecule has 41 heavy (non-hydrogen) atoms. The standard InChI is InChI=1S/C31H45N5O5/c1-20(2)35-28-19-21(3-8-26(28)36(31(35)39)27-9-10-29(37)33-30(27)38)34-17-13-25(14-18-34)41-23-6-4-22(5-7-23)40-24-11-15-32-16-12-24/h3,8,19-20,22-25,27,32H,4-7,9-18H2,1-2H3,(H,33,37,38). The van der Waals surface area contributed by atoms with Crippen molar-refractivity contribution in [1.82, 2.24) is 19.8 Å². The second kappa shape index (κ2) is 12.3. The number of benzene rings is 1. The van der Waals surface area contributed by atoms with Gasteiger partial charge in [0.15, 0.2) is 0 Å². The number of imidazole rings is 1. The Hall–Kier alpha value is -2.69. The summed E-state index contributed by atoms with van der Waals surface area (Å²) < 4.78 is 16.3. The number of piperidine rings is 3. The summed E-state index contributed by atoms with van der Waals surface area (Å²) in [5.41, 5.74) is 2.44. The number of rotatable bonds is 7. The minimum absolute atomic E-state index is 0.0610. The van der Waals surface area contributed by atoms with Crippen molar-refractivity contribution >= 4 is 28.5 Å². The second-order valence-corrected chi connectivity index (χ2v) is 12.6. The fraction of sp³-hybridized carbons (Fsp3) is 0.710. The van der Waals surface area contributed by atoms with Gasteiger partial charge in [-0.3, -0.25) is 24.0 Å². The van der Waals surface area contributed by atoms with Gasteiger partial charge in [0.2, 0.25) is 11.8 Å². The van der Waals surface area contributed by atoms with Gasteiger partial charge < -0.3 is 19.7 Å². The van der Waals surface area contributed by atoms with Gasteiger partial charge in [-0.2, -0.15) is 0 Å². The molecule has 1 aromatic carbocycles. The molecule has 0 bridgehead atoms. The molecule has 1 saturated carbocycles. The number of anilines is 1. The number of aromatic nitrogens is 2. The number of hydrogen-bond acceptors (Lipinski definition) is 7.